The molecule has 0 unspecified atom stereocenters. The summed E-state index contributed by atoms with van der Waals surface area (Å²) in [5.74, 6) is 0.893. The maximum absolute atomic E-state index is 11.1. The number of fused-ring (bicyclic) bond motifs is 1. The molecular weight excluding hydrogens is 683 g/mol. The van der Waals surface area contributed by atoms with Crippen molar-refractivity contribution >= 4 is 11.0 Å². The van der Waals surface area contributed by atoms with E-state index in [2.05, 4.69) is 160 Å². The van der Waals surface area contributed by atoms with E-state index >= 15 is 0 Å². The topological polar surface area (TPSA) is 50.9 Å². The van der Waals surface area contributed by atoms with Crippen LogP contribution in [0.15, 0.2) is 121 Å². The minimum atomic E-state index is -0.176. The van der Waals surface area contributed by atoms with Crippen molar-refractivity contribution in [1.29, 1.82) is 0 Å². The van der Waals surface area contributed by atoms with Gasteiger partial charge in [0.1, 0.15) is 11.6 Å². The number of hydrogen-bond donors (Lipinski definition) is 1. The second-order valence-corrected chi connectivity index (χ2v) is 19.5. The average molecular weight is 740 g/mol. The van der Waals surface area contributed by atoms with E-state index < -0.39 is 0 Å². The van der Waals surface area contributed by atoms with Gasteiger partial charge in [0.15, 0.2) is 0 Å². The smallest absolute Gasteiger partial charge is 0.149 e. The zero-order valence-electron chi connectivity index (χ0n) is 35.3. The first-order chi connectivity index (χ1) is 26.2. The van der Waals surface area contributed by atoms with E-state index in [0.29, 0.717) is 11.4 Å². The summed E-state index contributed by atoms with van der Waals surface area (Å²) in [6.07, 6.45) is 1.97. The fraction of sp³-hybridized carbons (Fsp3) is 0.308. The van der Waals surface area contributed by atoms with E-state index in [1.807, 2.05) is 42.6 Å². The third-order valence-electron chi connectivity index (χ3n) is 10.9. The first-order valence-corrected chi connectivity index (χ1v) is 19.9. The summed E-state index contributed by atoms with van der Waals surface area (Å²) < 4.78 is 2.16. The van der Waals surface area contributed by atoms with E-state index in [1.165, 1.54) is 27.8 Å². The number of benzene rings is 5. The number of pyridine rings is 1. The summed E-state index contributed by atoms with van der Waals surface area (Å²) in [4.78, 5) is 10.5. The van der Waals surface area contributed by atoms with Gasteiger partial charge in [-0.1, -0.05) is 150 Å². The summed E-state index contributed by atoms with van der Waals surface area (Å²) in [5, 5.41) is 11.1. The molecule has 5 aromatic carbocycles. The van der Waals surface area contributed by atoms with Crippen molar-refractivity contribution in [3.8, 4) is 56.3 Å². The lowest BCUT2D eigenvalue weighted by atomic mass is 9.74. The van der Waals surface area contributed by atoms with Gasteiger partial charge >= 0.3 is 0 Å². The number of imidazole rings is 1. The van der Waals surface area contributed by atoms with Crippen molar-refractivity contribution in [2.24, 2.45) is 0 Å². The summed E-state index contributed by atoms with van der Waals surface area (Å²) in [7, 11) is 0. The van der Waals surface area contributed by atoms with Gasteiger partial charge in [-0.3, -0.25) is 9.55 Å². The number of rotatable bonds is 5. The molecule has 4 nitrogen and oxygen atoms in total. The first kappa shape index (κ1) is 38.8. The quantitative estimate of drug-likeness (QED) is 0.191. The van der Waals surface area contributed by atoms with Crippen molar-refractivity contribution in [2.45, 2.75) is 105 Å². The molecule has 7 aromatic rings. The molecule has 0 spiro atoms. The number of phenols is 1. The molecule has 0 fully saturated rings. The predicted molar refractivity (Wildman–Crippen MR) is 237 cm³/mol. The highest BCUT2D eigenvalue weighted by Gasteiger charge is 2.29. The molecule has 0 aliphatic rings. The number of aromatic hydroxyl groups is 1. The molecule has 286 valence electrons. The zero-order chi connectivity index (χ0) is 40.4. The fourth-order valence-corrected chi connectivity index (χ4v) is 7.69. The lowest BCUT2D eigenvalue weighted by Gasteiger charge is -2.30. The number of nitrogens with zero attached hydrogens (tertiary/aromatic N) is 3. The maximum Gasteiger partial charge on any atom is 0.149 e. The van der Waals surface area contributed by atoms with Crippen LogP contribution in [0.5, 0.6) is 5.75 Å². The largest absolute Gasteiger partial charge is 0.507 e. The Morgan fingerprint density at radius 3 is 1.68 bits per heavy atom. The monoisotopic (exact) mass is 739 g/mol. The van der Waals surface area contributed by atoms with Gasteiger partial charge in [-0.2, -0.15) is 0 Å². The molecule has 4 heteroatoms. The van der Waals surface area contributed by atoms with Crippen molar-refractivity contribution in [3.63, 3.8) is 0 Å². The van der Waals surface area contributed by atoms with Crippen LogP contribution in [0.4, 0.5) is 0 Å². The highest BCUT2D eigenvalue weighted by atomic mass is 16.3. The van der Waals surface area contributed by atoms with Crippen LogP contribution >= 0.6 is 0 Å². The Morgan fingerprint density at radius 1 is 0.482 bits per heavy atom. The van der Waals surface area contributed by atoms with Crippen LogP contribution in [0.1, 0.15) is 105 Å². The van der Waals surface area contributed by atoms with Gasteiger partial charge in [-0.15, -0.1) is 0 Å². The third kappa shape index (κ3) is 7.42. The van der Waals surface area contributed by atoms with Gasteiger partial charge in [0.2, 0.25) is 0 Å². The van der Waals surface area contributed by atoms with Crippen molar-refractivity contribution in [3.05, 3.63) is 144 Å². The lowest BCUT2D eigenvalue weighted by Crippen LogP contribution is -2.19. The summed E-state index contributed by atoms with van der Waals surface area (Å²) >= 11 is 0. The minimum absolute atomic E-state index is 0.0105. The van der Waals surface area contributed by atoms with Crippen LogP contribution in [0, 0.1) is 0 Å². The van der Waals surface area contributed by atoms with Gasteiger partial charge in [0, 0.05) is 23.0 Å². The SMILES string of the molecule is CC(C)(C)c1cc(-c2ccnc(-c3cc(-c4cccc5c4nc(-c4ccccc4O)n5-c4ccccc4)c(C(C)(C)C)cc3C(C)(C)C)c2)cc(C(C)(C)C)c1. The Labute approximate surface area is 334 Å². The van der Waals surface area contributed by atoms with Gasteiger partial charge in [0.25, 0.3) is 0 Å². The molecule has 0 aliphatic heterocycles. The van der Waals surface area contributed by atoms with Crippen LogP contribution in [-0.2, 0) is 21.7 Å². The fourth-order valence-electron chi connectivity index (χ4n) is 7.69. The summed E-state index contributed by atoms with van der Waals surface area (Å²) in [5.41, 5.74) is 15.0. The number of aromatic nitrogens is 3. The molecule has 0 radical (unpaired) electrons. The van der Waals surface area contributed by atoms with E-state index in [1.54, 1.807) is 6.07 Å². The Kier molecular flexibility index (Phi) is 9.64. The highest BCUT2D eigenvalue weighted by molar-refractivity contribution is 5.98. The minimum Gasteiger partial charge on any atom is -0.507 e. The molecule has 0 bridgehead atoms. The van der Waals surface area contributed by atoms with Gasteiger partial charge < -0.3 is 5.11 Å². The molecule has 2 aromatic heterocycles. The molecule has 2 heterocycles. The van der Waals surface area contributed by atoms with Crippen molar-refractivity contribution in [1.82, 2.24) is 14.5 Å². The molecule has 0 amide bonds. The number of hydrogen-bond acceptors (Lipinski definition) is 3. The molecule has 0 atom stereocenters. The number of phenolic OH excluding ortho intramolecular Hbond substituents is 1. The second-order valence-electron chi connectivity index (χ2n) is 19.5. The van der Waals surface area contributed by atoms with Crippen molar-refractivity contribution in [2.75, 3.05) is 0 Å². The van der Waals surface area contributed by atoms with Gasteiger partial charge in [-0.25, -0.2) is 4.98 Å². The normalized spacial score (nSPS) is 12.7. The maximum atomic E-state index is 11.1. The Bertz CT molecular complexity index is 2530. The number of para-hydroxylation sites is 3. The standard InChI is InChI=1S/C52H57N3O/c1-49(2,3)35-27-34(28-36(30-35)50(4,5)6)33-25-26-53-44(29-33)41-31-40(42(51(7,8)9)32-43(41)52(10,11)12)38-22-18-23-45-47(38)54-48(39-21-16-17-24-46(39)56)55(45)37-19-14-13-15-20-37/h13-32,56H,1-12H3. The second kappa shape index (κ2) is 13.9. The predicted octanol–water partition coefficient (Wildman–Crippen LogP) is 14.0. The molecular formula is C52H57N3O. The molecule has 1 N–H and O–H groups in total. The Hall–Kier alpha value is -5.48. The van der Waals surface area contributed by atoms with E-state index in [9.17, 15) is 5.11 Å². The van der Waals surface area contributed by atoms with Crippen LogP contribution in [0.2, 0.25) is 0 Å². The van der Waals surface area contributed by atoms with Crippen molar-refractivity contribution < 1.29 is 5.11 Å². The molecule has 7 rings (SSSR count). The molecule has 0 saturated heterocycles. The Morgan fingerprint density at radius 2 is 1.07 bits per heavy atom. The summed E-state index contributed by atoms with van der Waals surface area (Å²) in [6, 6.07) is 40.5. The van der Waals surface area contributed by atoms with Gasteiger partial charge in [-0.05, 0) is 109 Å². The van der Waals surface area contributed by atoms with Gasteiger partial charge in [0.05, 0.1) is 22.3 Å². The third-order valence-corrected chi connectivity index (χ3v) is 10.9. The van der Waals surface area contributed by atoms with Crippen LogP contribution in [-0.4, -0.2) is 19.6 Å². The van der Waals surface area contributed by atoms with Crippen LogP contribution in [0.25, 0.3) is 61.6 Å². The van der Waals surface area contributed by atoms with E-state index in [0.717, 1.165) is 44.7 Å². The van der Waals surface area contributed by atoms with E-state index in [4.69, 9.17) is 9.97 Å². The zero-order valence-corrected chi connectivity index (χ0v) is 35.3. The molecule has 0 saturated carbocycles. The molecule has 56 heavy (non-hydrogen) atoms. The highest BCUT2D eigenvalue weighted by Crippen LogP contribution is 2.45. The van der Waals surface area contributed by atoms with Crippen LogP contribution in [0.3, 0.4) is 0 Å². The van der Waals surface area contributed by atoms with E-state index in [-0.39, 0.29) is 27.4 Å². The Balaban J connectivity index is 1.52. The van der Waals surface area contributed by atoms with Crippen LogP contribution < -0.4 is 0 Å². The lowest BCUT2D eigenvalue weighted by molar-refractivity contribution is 0.477. The summed E-state index contributed by atoms with van der Waals surface area (Å²) in [6.45, 7) is 27.5. The molecule has 0 aliphatic carbocycles. The average Bonchev–Trinajstić information content (AvgIpc) is 3.53. The first-order valence-electron chi connectivity index (χ1n) is 19.9.